The van der Waals surface area contributed by atoms with Crippen LogP contribution in [0.15, 0.2) is 42.6 Å². The second-order valence-electron chi connectivity index (χ2n) is 6.74. The van der Waals surface area contributed by atoms with Crippen LogP contribution in [-0.2, 0) is 6.42 Å². The topological polar surface area (TPSA) is 64.3 Å². The van der Waals surface area contributed by atoms with Crippen LogP contribution in [0.5, 0.6) is 10.9 Å². The van der Waals surface area contributed by atoms with E-state index in [2.05, 4.69) is 27.0 Å². The number of fused-ring (bicyclic) bond motifs is 1. The zero-order chi connectivity index (χ0) is 17.8. The molecule has 6 heteroatoms. The molecule has 1 aliphatic heterocycles. The Morgan fingerprint density at radius 1 is 1.12 bits per heavy atom. The molecular weight excluding hydrogens is 344 g/mol. The smallest absolute Gasteiger partial charge is 0.281 e. The van der Waals surface area contributed by atoms with Crippen molar-refractivity contribution in [3.8, 4) is 10.9 Å². The van der Waals surface area contributed by atoms with E-state index in [1.165, 1.54) is 49.3 Å². The molecule has 2 N–H and O–H groups in total. The van der Waals surface area contributed by atoms with Crippen LogP contribution in [-0.4, -0.2) is 40.5 Å². The highest BCUT2D eigenvalue weighted by Gasteiger charge is 2.19. The summed E-state index contributed by atoms with van der Waals surface area (Å²) in [7, 11) is 0. The van der Waals surface area contributed by atoms with Crippen LogP contribution in [0, 0.1) is 0 Å². The van der Waals surface area contributed by atoms with Crippen LogP contribution in [0.4, 0.5) is 0 Å². The highest BCUT2D eigenvalue weighted by molar-refractivity contribution is 7.20. The van der Waals surface area contributed by atoms with Crippen LogP contribution in [0.3, 0.4) is 0 Å². The van der Waals surface area contributed by atoms with Crippen molar-refractivity contribution < 1.29 is 4.74 Å². The number of rotatable bonds is 6. The molecule has 0 saturated carbocycles. The van der Waals surface area contributed by atoms with E-state index in [9.17, 15) is 0 Å². The van der Waals surface area contributed by atoms with E-state index in [1.807, 2.05) is 24.3 Å². The minimum atomic E-state index is 0.428. The van der Waals surface area contributed by atoms with Gasteiger partial charge in [-0.2, -0.15) is 4.98 Å². The van der Waals surface area contributed by atoms with Crippen molar-refractivity contribution in [2.75, 3.05) is 19.6 Å². The molecule has 1 unspecified atom stereocenters. The predicted octanol–water partition coefficient (Wildman–Crippen LogP) is 3.84. The molecule has 2 aromatic heterocycles. The van der Waals surface area contributed by atoms with Gasteiger partial charge in [-0.05, 0) is 62.2 Å². The van der Waals surface area contributed by atoms with Crippen molar-refractivity contribution in [3.63, 3.8) is 0 Å². The molecule has 4 rings (SSSR count). The molecule has 26 heavy (non-hydrogen) atoms. The predicted molar refractivity (Wildman–Crippen MR) is 106 cm³/mol. The molecule has 5 nitrogen and oxygen atoms in total. The lowest BCUT2D eigenvalue weighted by Crippen LogP contribution is -2.44. The molecule has 0 radical (unpaired) electrons. The monoisotopic (exact) mass is 368 g/mol. The lowest BCUT2D eigenvalue weighted by Gasteiger charge is -2.34. The van der Waals surface area contributed by atoms with Gasteiger partial charge < -0.3 is 10.5 Å². The minimum Gasteiger partial charge on any atom is -0.431 e. The van der Waals surface area contributed by atoms with Crippen LogP contribution in [0.1, 0.15) is 24.8 Å². The fourth-order valence-electron chi connectivity index (χ4n) is 3.50. The van der Waals surface area contributed by atoms with Crippen LogP contribution >= 0.6 is 11.3 Å². The first kappa shape index (κ1) is 17.4. The molecule has 1 aliphatic rings. The first-order chi connectivity index (χ1) is 12.8. The number of piperidine rings is 1. The van der Waals surface area contributed by atoms with Crippen molar-refractivity contribution in [1.29, 1.82) is 0 Å². The molecule has 1 aromatic carbocycles. The van der Waals surface area contributed by atoms with Gasteiger partial charge in [0.05, 0.1) is 4.70 Å². The number of hydrogen-bond donors (Lipinski definition) is 1. The molecule has 0 amide bonds. The highest BCUT2D eigenvalue weighted by Crippen LogP contribution is 2.30. The third kappa shape index (κ3) is 4.03. The fraction of sp³-hybridized carbons (Fsp3) is 0.400. The maximum absolute atomic E-state index is 6.04. The van der Waals surface area contributed by atoms with E-state index in [0.29, 0.717) is 17.8 Å². The SMILES string of the molecule is NCC(Cc1ccc(Oc2nc3ncccc3s2)cc1)N1CCCCC1. The van der Waals surface area contributed by atoms with E-state index < -0.39 is 0 Å². The van der Waals surface area contributed by atoms with Gasteiger partial charge in [-0.15, -0.1) is 0 Å². The summed E-state index contributed by atoms with van der Waals surface area (Å²) in [5.74, 6) is 0.801. The van der Waals surface area contributed by atoms with Gasteiger partial charge in [0.15, 0.2) is 5.65 Å². The summed E-state index contributed by atoms with van der Waals surface area (Å²) >= 11 is 1.51. The summed E-state index contributed by atoms with van der Waals surface area (Å²) in [6.45, 7) is 3.06. The third-order valence-corrected chi connectivity index (χ3v) is 5.81. The van der Waals surface area contributed by atoms with Crippen molar-refractivity contribution >= 4 is 21.7 Å². The Balaban J connectivity index is 1.41. The van der Waals surface area contributed by atoms with Gasteiger partial charge in [0, 0.05) is 18.8 Å². The molecule has 0 spiro atoms. The van der Waals surface area contributed by atoms with E-state index >= 15 is 0 Å². The van der Waals surface area contributed by atoms with Crippen LogP contribution in [0.2, 0.25) is 0 Å². The first-order valence-electron chi connectivity index (χ1n) is 9.24. The number of nitrogens with zero attached hydrogens (tertiary/aromatic N) is 3. The number of thiazole rings is 1. The number of nitrogens with two attached hydrogens (primary N) is 1. The summed E-state index contributed by atoms with van der Waals surface area (Å²) in [5.41, 5.74) is 8.07. The normalized spacial score (nSPS) is 16.7. The van der Waals surface area contributed by atoms with Gasteiger partial charge in [0.25, 0.3) is 5.19 Å². The molecule has 0 bridgehead atoms. The third-order valence-electron chi connectivity index (χ3n) is 4.92. The lowest BCUT2D eigenvalue weighted by atomic mass is 10.0. The summed E-state index contributed by atoms with van der Waals surface area (Å²) in [6.07, 6.45) is 6.67. The summed E-state index contributed by atoms with van der Waals surface area (Å²) in [4.78, 5) is 11.2. The Morgan fingerprint density at radius 2 is 1.92 bits per heavy atom. The van der Waals surface area contributed by atoms with Gasteiger partial charge in [0.2, 0.25) is 0 Å². The summed E-state index contributed by atoms with van der Waals surface area (Å²) in [6, 6.07) is 12.6. The second kappa shape index (κ2) is 8.12. The van der Waals surface area contributed by atoms with Crippen molar-refractivity contribution in [2.24, 2.45) is 5.73 Å². The maximum atomic E-state index is 6.04. The standard InChI is InChI=1S/C20H24N4OS/c21-14-16(24-11-2-1-3-12-24)13-15-6-8-17(9-7-15)25-20-23-19-18(26-20)5-4-10-22-19/h4-10,16H,1-3,11-14,21H2. The second-order valence-corrected chi connectivity index (χ2v) is 7.73. The first-order valence-corrected chi connectivity index (χ1v) is 10.1. The zero-order valence-corrected chi connectivity index (χ0v) is 15.6. The number of likely N-dealkylation sites (tertiary alicyclic amines) is 1. The molecule has 3 aromatic rings. The largest absolute Gasteiger partial charge is 0.431 e. The number of pyridine rings is 1. The van der Waals surface area contributed by atoms with Gasteiger partial charge in [0.1, 0.15) is 5.75 Å². The van der Waals surface area contributed by atoms with Crippen LogP contribution in [0.25, 0.3) is 10.3 Å². The number of aromatic nitrogens is 2. The molecule has 0 aliphatic carbocycles. The molecule has 1 fully saturated rings. The Morgan fingerprint density at radius 3 is 2.65 bits per heavy atom. The molecule has 1 atom stereocenters. The Bertz CT molecular complexity index is 809. The van der Waals surface area contributed by atoms with Crippen LogP contribution < -0.4 is 10.5 Å². The number of benzene rings is 1. The average molecular weight is 369 g/mol. The Labute approximate surface area is 157 Å². The summed E-state index contributed by atoms with van der Waals surface area (Å²) < 4.78 is 6.93. The zero-order valence-electron chi connectivity index (χ0n) is 14.8. The van der Waals surface area contributed by atoms with Crippen molar-refractivity contribution in [2.45, 2.75) is 31.7 Å². The molecule has 3 heterocycles. The maximum Gasteiger partial charge on any atom is 0.281 e. The molecule has 136 valence electrons. The summed E-state index contributed by atoms with van der Waals surface area (Å²) in [5, 5.41) is 0.625. The lowest BCUT2D eigenvalue weighted by molar-refractivity contribution is 0.166. The van der Waals surface area contributed by atoms with Gasteiger partial charge in [-0.1, -0.05) is 29.9 Å². The highest BCUT2D eigenvalue weighted by atomic mass is 32.1. The van der Waals surface area contributed by atoms with E-state index in [1.54, 1.807) is 6.20 Å². The Kier molecular flexibility index (Phi) is 5.43. The molecular formula is C20H24N4OS. The van der Waals surface area contributed by atoms with E-state index in [-0.39, 0.29) is 0 Å². The van der Waals surface area contributed by atoms with Gasteiger partial charge >= 0.3 is 0 Å². The van der Waals surface area contributed by atoms with E-state index in [4.69, 9.17) is 10.5 Å². The molecule has 1 saturated heterocycles. The number of hydrogen-bond acceptors (Lipinski definition) is 6. The Hall–Kier alpha value is -2.02. The minimum absolute atomic E-state index is 0.428. The van der Waals surface area contributed by atoms with Crippen molar-refractivity contribution in [1.82, 2.24) is 14.9 Å². The number of ether oxygens (including phenoxy) is 1. The average Bonchev–Trinajstić information content (AvgIpc) is 3.10. The van der Waals surface area contributed by atoms with Crippen molar-refractivity contribution in [3.05, 3.63) is 48.2 Å². The fourth-order valence-corrected chi connectivity index (χ4v) is 4.30. The quantitative estimate of drug-likeness (QED) is 0.716. The van der Waals surface area contributed by atoms with E-state index in [0.717, 1.165) is 22.5 Å². The van der Waals surface area contributed by atoms with Gasteiger partial charge in [-0.3, -0.25) is 4.90 Å². The van der Waals surface area contributed by atoms with Gasteiger partial charge in [-0.25, -0.2) is 4.98 Å².